The zero-order valence-electron chi connectivity index (χ0n) is 12.6. The third-order valence-electron chi connectivity index (χ3n) is 4.16. The molecule has 0 atom stereocenters. The summed E-state index contributed by atoms with van der Waals surface area (Å²) in [6, 6.07) is 21.3. The zero-order valence-corrected chi connectivity index (χ0v) is 13.4. The molecule has 0 aliphatic heterocycles. The van der Waals surface area contributed by atoms with Gasteiger partial charge in [-0.25, -0.2) is 0 Å². The Labute approximate surface area is 134 Å². The van der Waals surface area contributed by atoms with Crippen LogP contribution in [-0.4, -0.2) is 4.57 Å². The van der Waals surface area contributed by atoms with Crippen LogP contribution in [0.4, 0.5) is 0 Å². The van der Waals surface area contributed by atoms with Crippen LogP contribution in [0, 0.1) is 13.8 Å². The fourth-order valence-electron chi connectivity index (χ4n) is 3.11. The van der Waals surface area contributed by atoms with Gasteiger partial charge in [0.25, 0.3) is 0 Å². The van der Waals surface area contributed by atoms with E-state index in [1.54, 1.807) is 0 Å². The SMILES string of the molecule is Cc1ccc2c(c1)c1ccc(C)cc1n2-c1ccc(Cl)cc1. The molecular formula is C20H16ClN. The van der Waals surface area contributed by atoms with Gasteiger partial charge in [0.2, 0.25) is 0 Å². The van der Waals surface area contributed by atoms with Crippen molar-refractivity contribution in [2.75, 3.05) is 0 Å². The summed E-state index contributed by atoms with van der Waals surface area (Å²) in [6.45, 7) is 4.27. The fraction of sp³-hybridized carbons (Fsp3) is 0.100. The second kappa shape index (κ2) is 4.89. The molecule has 0 spiro atoms. The number of rotatable bonds is 1. The van der Waals surface area contributed by atoms with E-state index >= 15 is 0 Å². The Hall–Kier alpha value is -2.25. The molecule has 0 aliphatic rings. The van der Waals surface area contributed by atoms with E-state index in [-0.39, 0.29) is 0 Å². The zero-order chi connectivity index (χ0) is 15.3. The molecule has 0 amide bonds. The lowest BCUT2D eigenvalue weighted by Gasteiger charge is -2.08. The highest BCUT2D eigenvalue weighted by molar-refractivity contribution is 6.30. The first-order chi connectivity index (χ1) is 10.6. The lowest BCUT2D eigenvalue weighted by Crippen LogP contribution is -1.93. The number of aromatic nitrogens is 1. The Kier molecular flexibility index (Phi) is 2.98. The molecule has 0 aliphatic carbocycles. The van der Waals surface area contributed by atoms with Crippen LogP contribution in [0.5, 0.6) is 0 Å². The predicted octanol–water partition coefficient (Wildman–Crippen LogP) is 6.05. The third kappa shape index (κ3) is 2.01. The summed E-state index contributed by atoms with van der Waals surface area (Å²) in [5.41, 5.74) is 6.15. The first-order valence-corrected chi connectivity index (χ1v) is 7.79. The van der Waals surface area contributed by atoms with Crippen molar-refractivity contribution >= 4 is 33.4 Å². The summed E-state index contributed by atoms with van der Waals surface area (Å²) >= 11 is 6.05. The van der Waals surface area contributed by atoms with Crippen molar-refractivity contribution < 1.29 is 0 Å². The van der Waals surface area contributed by atoms with Gasteiger partial charge < -0.3 is 4.57 Å². The molecular weight excluding hydrogens is 290 g/mol. The molecule has 0 radical (unpaired) electrons. The highest BCUT2D eigenvalue weighted by atomic mass is 35.5. The lowest BCUT2D eigenvalue weighted by atomic mass is 10.1. The van der Waals surface area contributed by atoms with Crippen molar-refractivity contribution in [2.24, 2.45) is 0 Å². The van der Waals surface area contributed by atoms with Gasteiger partial charge in [-0.05, 0) is 61.9 Å². The van der Waals surface area contributed by atoms with Crippen LogP contribution >= 0.6 is 11.6 Å². The topological polar surface area (TPSA) is 4.93 Å². The first-order valence-electron chi connectivity index (χ1n) is 7.41. The standard InChI is InChI=1S/C20H16ClN/c1-13-4-10-19-18(11-13)17-9-3-14(2)12-20(17)22(19)16-7-5-15(21)6-8-16/h3-12H,1-2H3. The molecule has 0 saturated carbocycles. The van der Waals surface area contributed by atoms with E-state index in [0.29, 0.717) is 0 Å². The van der Waals surface area contributed by atoms with Gasteiger partial charge in [-0.2, -0.15) is 0 Å². The minimum absolute atomic E-state index is 0.761. The van der Waals surface area contributed by atoms with E-state index in [9.17, 15) is 0 Å². The molecule has 4 rings (SSSR count). The molecule has 0 bridgehead atoms. The Balaban J connectivity index is 2.18. The number of halogens is 1. The molecule has 1 nitrogen and oxygen atoms in total. The van der Waals surface area contributed by atoms with Crippen LogP contribution in [0.1, 0.15) is 11.1 Å². The molecule has 4 aromatic rings. The van der Waals surface area contributed by atoms with Crippen LogP contribution in [0.25, 0.3) is 27.5 Å². The number of hydrogen-bond donors (Lipinski definition) is 0. The van der Waals surface area contributed by atoms with Crippen LogP contribution in [-0.2, 0) is 0 Å². The van der Waals surface area contributed by atoms with Crippen molar-refractivity contribution in [3.05, 3.63) is 76.8 Å². The lowest BCUT2D eigenvalue weighted by molar-refractivity contribution is 1.18. The van der Waals surface area contributed by atoms with Crippen LogP contribution in [0.2, 0.25) is 5.02 Å². The Morgan fingerprint density at radius 2 is 1.36 bits per heavy atom. The van der Waals surface area contributed by atoms with Crippen molar-refractivity contribution in [1.82, 2.24) is 4.57 Å². The van der Waals surface area contributed by atoms with Crippen molar-refractivity contribution in [2.45, 2.75) is 13.8 Å². The van der Waals surface area contributed by atoms with Crippen molar-refractivity contribution in [3.63, 3.8) is 0 Å². The van der Waals surface area contributed by atoms with E-state index in [0.717, 1.165) is 10.7 Å². The summed E-state index contributed by atoms with van der Waals surface area (Å²) in [7, 11) is 0. The molecule has 2 heteroatoms. The number of hydrogen-bond acceptors (Lipinski definition) is 0. The second-order valence-electron chi connectivity index (χ2n) is 5.85. The average Bonchev–Trinajstić information content (AvgIpc) is 2.81. The molecule has 1 aromatic heterocycles. The van der Waals surface area contributed by atoms with E-state index in [4.69, 9.17) is 11.6 Å². The minimum Gasteiger partial charge on any atom is -0.309 e. The number of nitrogens with zero attached hydrogens (tertiary/aromatic N) is 1. The van der Waals surface area contributed by atoms with Gasteiger partial charge in [0.05, 0.1) is 11.0 Å². The molecule has 0 fully saturated rings. The van der Waals surface area contributed by atoms with Gasteiger partial charge in [-0.3, -0.25) is 0 Å². The monoisotopic (exact) mass is 305 g/mol. The minimum atomic E-state index is 0.761. The molecule has 0 saturated heterocycles. The summed E-state index contributed by atoms with van der Waals surface area (Å²) in [5, 5.41) is 3.35. The maximum atomic E-state index is 6.05. The van der Waals surface area contributed by atoms with Gasteiger partial charge >= 0.3 is 0 Å². The Morgan fingerprint density at radius 3 is 2.14 bits per heavy atom. The van der Waals surface area contributed by atoms with Crippen LogP contribution in [0.15, 0.2) is 60.7 Å². The first kappa shape index (κ1) is 13.4. The smallest absolute Gasteiger partial charge is 0.0543 e. The third-order valence-corrected chi connectivity index (χ3v) is 4.41. The van der Waals surface area contributed by atoms with Gasteiger partial charge in [0.15, 0.2) is 0 Å². The number of benzene rings is 3. The summed E-state index contributed by atoms with van der Waals surface area (Å²) in [4.78, 5) is 0. The quantitative estimate of drug-likeness (QED) is 0.403. The van der Waals surface area contributed by atoms with Gasteiger partial charge in [-0.15, -0.1) is 0 Å². The summed E-state index contributed by atoms with van der Waals surface area (Å²) < 4.78 is 2.31. The Morgan fingerprint density at radius 1 is 0.682 bits per heavy atom. The molecule has 1 heterocycles. The molecule has 22 heavy (non-hydrogen) atoms. The number of aryl methyl sites for hydroxylation is 2. The predicted molar refractivity (Wildman–Crippen MR) is 95.3 cm³/mol. The largest absolute Gasteiger partial charge is 0.309 e. The van der Waals surface area contributed by atoms with Crippen molar-refractivity contribution in [1.29, 1.82) is 0 Å². The second-order valence-corrected chi connectivity index (χ2v) is 6.29. The fourth-order valence-corrected chi connectivity index (χ4v) is 3.24. The van der Waals surface area contributed by atoms with E-state index in [2.05, 4.69) is 66.9 Å². The van der Waals surface area contributed by atoms with Crippen LogP contribution < -0.4 is 0 Å². The number of fused-ring (bicyclic) bond motifs is 3. The van der Waals surface area contributed by atoms with Crippen molar-refractivity contribution in [3.8, 4) is 5.69 Å². The normalized spacial score (nSPS) is 11.4. The van der Waals surface area contributed by atoms with Gasteiger partial charge in [0, 0.05) is 21.5 Å². The highest BCUT2D eigenvalue weighted by Gasteiger charge is 2.12. The Bertz CT molecular complexity index is 994. The maximum Gasteiger partial charge on any atom is 0.0543 e. The van der Waals surface area contributed by atoms with Gasteiger partial charge in [-0.1, -0.05) is 35.4 Å². The maximum absolute atomic E-state index is 6.05. The average molecular weight is 306 g/mol. The molecule has 108 valence electrons. The van der Waals surface area contributed by atoms with E-state index in [1.165, 1.54) is 32.9 Å². The molecule has 0 N–H and O–H groups in total. The van der Waals surface area contributed by atoms with E-state index < -0.39 is 0 Å². The van der Waals surface area contributed by atoms with Gasteiger partial charge in [0.1, 0.15) is 0 Å². The van der Waals surface area contributed by atoms with Crippen LogP contribution in [0.3, 0.4) is 0 Å². The summed E-state index contributed by atoms with van der Waals surface area (Å²) in [6.07, 6.45) is 0. The summed E-state index contributed by atoms with van der Waals surface area (Å²) in [5.74, 6) is 0. The molecule has 0 unspecified atom stereocenters. The van der Waals surface area contributed by atoms with E-state index in [1.807, 2.05) is 12.1 Å². The highest BCUT2D eigenvalue weighted by Crippen LogP contribution is 2.33. The molecule has 3 aromatic carbocycles.